The number of hydrogen-bond donors (Lipinski definition) is 0. The van der Waals surface area contributed by atoms with Crippen LogP contribution in [0.1, 0.15) is 30.4 Å². The number of benzene rings is 2. The van der Waals surface area contributed by atoms with Crippen molar-refractivity contribution in [1.82, 2.24) is 0 Å². The van der Waals surface area contributed by atoms with Gasteiger partial charge in [-0.05, 0) is 36.8 Å². The van der Waals surface area contributed by atoms with E-state index in [0.717, 1.165) is 0 Å². The maximum atomic E-state index is 12.3. The predicted molar refractivity (Wildman–Crippen MR) is 94.3 cm³/mol. The molecule has 28 heavy (non-hydrogen) atoms. The van der Waals surface area contributed by atoms with Gasteiger partial charge in [-0.2, -0.15) is 0 Å². The van der Waals surface area contributed by atoms with Crippen LogP contribution in [-0.2, 0) is 19.0 Å². The molecule has 0 N–H and O–H groups in total. The van der Waals surface area contributed by atoms with Crippen LogP contribution in [0.4, 0.5) is 11.4 Å². The third kappa shape index (κ3) is 3.97. The Labute approximate surface area is 158 Å². The largest absolute Gasteiger partial charge is 0.464 e. The maximum absolute atomic E-state index is 12.3. The first-order chi connectivity index (χ1) is 13.4. The Bertz CT molecular complexity index is 881. The predicted octanol–water partition coefficient (Wildman–Crippen LogP) is 3.22. The molecule has 10 nitrogen and oxygen atoms in total. The fraction of sp³-hybridized carbons (Fsp3) is 0.278. The fourth-order valence-electron chi connectivity index (χ4n) is 2.79. The first kappa shape index (κ1) is 19.4. The Balaban J connectivity index is 1.87. The zero-order valence-electron chi connectivity index (χ0n) is 14.7. The number of non-ortho nitro benzene ring substituents is 2. The van der Waals surface area contributed by atoms with Crippen LogP contribution in [0.3, 0.4) is 0 Å². The number of carbonyl (C=O) groups is 1. The van der Waals surface area contributed by atoms with E-state index >= 15 is 0 Å². The van der Waals surface area contributed by atoms with E-state index in [1.807, 2.05) is 0 Å². The highest BCUT2D eigenvalue weighted by atomic mass is 16.7. The Hall–Kier alpha value is -3.37. The van der Waals surface area contributed by atoms with Crippen LogP contribution in [-0.4, -0.2) is 28.5 Å². The number of carbonyl (C=O) groups excluding carboxylic acids is 1. The SMILES string of the molecule is CCOC(=O)[C@H]1O[C@H](c2ccc([N+](=O)[O-])cc2)O[C@H]1c1ccc([N+](=O)[O-])cc1. The lowest BCUT2D eigenvalue weighted by atomic mass is 10.0. The zero-order valence-corrected chi connectivity index (χ0v) is 14.7. The van der Waals surface area contributed by atoms with E-state index in [9.17, 15) is 25.0 Å². The number of nitrogens with zero attached hydrogens (tertiary/aromatic N) is 2. The van der Waals surface area contributed by atoms with E-state index in [1.165, 1.54) is 48.5 Å². The van der Waals surface area contributed by atoms with Gasteiger partial charge in [0.05, 0.1) is 16.5 Å². The monoisotopic (exact) mass is 388 g/mol. The average molecular weight is 388 g/mol. The van der Waals surface area contributed by atoms with Gasteiger partial charge in [-0.3, -0.25) is 20.2 Å². The topological polar surface area (TPSA) is 131 Å². The summed E-state index contributed by atoms with van der Waals surface area (Å²) in [6.07, 6.45) is -2.88. The molecule has 146 valence electrons. The van der Waals surface area contributed by atoms with Crippen molar-refractivity contribution in [1.29, 1.82) is 0 Å². The van der Waals surface area contributed by atoms with E-state index < -0.39 is 34.3 Å². The van der Waals surface area contributed by atoms with Crippen LogP contribution >= 0.6 is 0 Å². The molecule has 2 aromatic rings. The molecule has 1 saturated heterocycles. The van der Waals surface area contributed by atoms with Crippen molar-refractivity contribution in [2.24, 2.45) is 0 Å². The van der Waals surface area contributed by atoms with Gasteiger partial charge in [-0.15, -0.1) is 0 Å². The Morgan fingerprint density at radius 2 is 1.43 bits per heavy atom. The summed E-state index contributed by atoms with van der Waals surface area (Å²) >= 11 is 0. The fourth-order valence-corrected chi connectivity index (χ4v) is 2.79. The minimum absolute atomic E-state index is 0.0874. The van der Waals surface area contributed by atoms with Gasteiger partial charge < -0.3 is 14.2 Å². The van der Waals surface area contributed by atoms with Crippen molar-refractivity contribution in [3.8, 4) is 0 Å². The van der Waals surface area contributed by atoms with Gasteiger partial charge in [0.15, 0.2) is 12.4 Å². The normalized spacial score (nSPS) is 21.2. The third-order valence-electron chi connectivity index (χ3n) is 4.14. The van der Waals surface area contributed by atoms with Crippen LogP contribution in [0.15, 0.2) is 48.5 Å². The summed E-state index contributed by atoms with van der Waals surface area (Å²) in [5.41, 5.74) is 0.815. The lowest BCUT2D eigenvalue weighted by molar-refractivity contribution is -0.385. The summed E-state index contributed by atoms with van der Waals surface area (Å²) in [5, 5.41) is 21.6. The molecule has 0 aromatic heterocycles. The molecule has 1 fully saturated rings. The lowest BCUT2D eigenvalue weighted by Crippen LogP contribution is -2.28. The number of esters is 1. The smallest absolute Gasteiger partial charge is 0.338 e. The minimum atomic E-state index is -1.08. The highest BCUT2D eigenvalue weighted by molar-refractivity contribution is 5.76. The highest BCUT2D eigenvalue weighted by Crippen LogP contribution is 2.41. The molecule has 0 unspecified atom stereocenters. The second-order valence-corrected chi connectivity index (χ2v) is 5.89. The average Bonchev–Trinajstić information content (AvgIpc) is 3.14. The van der Waals surface area contributed by atoms with Crippen LogP contribution < -0.4 is 0 Å². The Morgan fingerprint density at radius 3 is 1.89 bits per heavy atom. The molecule has 2 aromatic carbocycles. The van der Waals surface area contributed by atoms with Crippen molar-refractivity contribution in [2.45, 2.75) is 25.4 Å². The number of rotatable bonds is 6. The third-order valence-corrected chi connectivity index (χ3v) is 4.14. The number of nitro groups is 2. The molecule has 1 aliphatic rings. The molecular weight excluding hydrogens is 372 g/mol. The number of nitro benzene ring substituents is 2. The van der Waals surface area contributed by atoms with Crippen LogP contribution in [0.25, 0.3) is 0 Å². The molecule has 0 bridgehead atoms. The van der Waals surface area contributed by atoms with Crippen LogP contribution in [0.2, 0.25) is 0 Å². The van der Waals surface area contributed by atoms with Crippen LogP contribution in [0.5, 0.6) is 0 Å². The van der Waals surface area contributed by atoms with Gasteiger partial charge in [-0.25, -0.2) is 4.79 Å². The maximum Gasteiger partial charge on any atom is 0.338 e. The second-order valence-electron chi connectivity index (χ2n) is 5.89. The van der Waals surface area contributed by atoms with Gasteiger partial charge in [0, 0.05) is 29.8 Å². The highest BCUT2D eigenvalue weighted by Gasteiger charge is 2.43. The quantitative estimate of drug-likeness (QED) is 0.419. The van der Waals surface area contributed by atoms with E-state index in [0.29, 0.717) is 11.1 Å². The first-order valence-electron chi connectivity index (χ1n) is 8.37. The summed E-state index contributed by atoms with van der Waals surface area (Å²) in [6, 6.07) is 11.1. The molecule has 1 heterocycles. The molecule has 1 aliphatic heterocycles. The molecular formula is C18H16N2O8. The Morgan fingerprint density at radius 1 is 0.929 bits per heavy atom. The molecule has 3 atom stereocenters. The van der Waals surface area contributed by atoms with E-state index in [4.69, 9.17) is 14.2 Å². The van der Waals surface area contributed by atoms with Crippen molar-refractivity contribution >= 4 is 17.3 Å². The van der Waals surface area contributed by atoms with Crippen molar-refractivity contribution < 1.29 is 28.9 Å². The van der Waals surface area contributed by atoms with Gasteiger partial charge in [-0.1, -0.05) is 0 Å². The molecule has 0 amide bonds. The summed E-state index contributed by atoms with van der Waals surface area (Å²) < 4.78 is 16.6. The van der Waals surface area contributed by atoms with E-state index in [1.54, 1.807) is 6.92 Å². The Kier molecular flexibility index (Phi) is 5.62. The molecule has 0 spiro atoms. The van der Waals surface area contributed by atoms with Gasteiger partial charge in [0.1, 0.15) is 6.10 Å². The molecule has 0 aliphatic carbocycles. The van der Waals surface area contributed by atoms with Crippen LogP contribution in [0, 0.1) is 20.2 Å². The van der Waals surface area contributed by atoms with Gasteiger partial charge >= 0.3 is 5.97 Å². The minimum Gasteiger partial charge on any atom is -0.464 e. The van der Waals surface area contributed by atoms with E-state index in [-0.39, 0.29) is 18.0 Å². The molecule has 0 saturated carbocycles. The number of ether oxygens (including phenoxy) is 3. The second kappa shape index (κ2) is 8.11. The lowest BCUT2D eigenvalue weighted by Gasteiger charge is -2.15. The summed E-state index contributed by atoms with van der Waals surface area (Å²) in [6.45, 7) is 1.80. The number of hydrogen-bond acceptors (Lipinski definition) is 8. The van der Waals surface area contributed by atoms with Crippen molar-refractivity contribution in [2.75, 3.05) is 6.61 Å². The molecule has 10 heteroatoms. The zero-order chi connectivity index (χ0) is 20.3. The molecule has 0 radical (unpaired) electrons. The van der Waals surface area contributed by atoms with Crippen molar-refractivity contribution in [3.05, 3.63) is 79.9 Å². The summed E-state index contributed by atoms with van der Waals surface area (Å²) in [4.78, 5) is 32.9. The van der Waals surface area contributed by atoms with E-state index in [2.05, 4.69) is 0 Å². The van der Waals surface area contributed by atoms with Crippen molar-refractivity contribution in [3.63, 3.8) is 0 Å². The van der Waals surface area contributed by atoms with Gasteiger partial charge in [0.25, 0.3) is 11.4 Å². The summed E-state index contributed by atoms with van der Waals surface area (Å²) in [7, 11) is 0. The standard InChI is InChI=1S/C18H16N2O8/c1-2-26-17(21)16-15(11-3-7-13(8-4-11)19(22)23)27-18(28-16)12-5-9-14(10-6-12)20(24)25/h3-10,15-16,18H,2H2,1H3/t15-,16-,18+/m0/s1. The first-order valence-corrected chi connectivity index (χ1v) is 8.37. The summed E-state index contributed by atoms with van der Waals surface area (Å²) in [5.74, 6) is -0.629. The van der Waals surface area contributed by atoms with Gasteiger partial charge in [0.2, 0.25) is 0 Å². The molecule has 3 rings (SSSR count).